The van der Waals surface area contributed by atoms with Crippen LogP contribution in [-0.2, 0) is 4.79 Å². The first-order valence-electron chi connectivity index (χ1n) is 5.55. The van der Waals surface area contributed by atoms with E-state index < -0.39 is 5.97 Å². The number of amides is 1. The van der Waals surface area contributed by atoms with E-state index in [9.17, 15) is 9.59 Å². The number of hydrogen-bond donors (Lipinski definition) is 1. The highest BCUT2D eigenvalue weighted by Gasteiger charge is 2.23. The molecule has 98 valence electrons. The number of aliphatic carboxylic acids is 1. The number of rotatable bonds is 3. The van der Waals surface area contributed by atoms with E-state index in [4.69, 9.17) is 5.11 Å². The summed E-state index contributed by atoms with van der Waals surface area (Å²) in [6.07, 6.45) is 0. The van der Waals surface area contributed by atoms with Crippen LogP contribution in [0.25, 0.3) is 0 Å². The van der Waals surface area contributed by atoms with Crippen molar-refractivity contribution in [2.45, 2.75) is 0 Å². The van der Waals surface area contributed by atoms with Crippen LogP contribution >= 0.6 is 27.3 Å². The van der Waals surface area contributed by atoms with Crippen molar-refractivity contribution in [3.05, 3.63) is 20.8 Å². The van der Waals surface area contributed by atoms with E-state index in [1.165, 1.54) is 11.3 Å². The van der Waals surface area contributed by atoms with Crippen molar-refractivity contribution in [3.63, 3.8) is 0 Å². The Balaban J connectivity index is 1.90. The van der Waals surface area contributed by atoms with E-state index >= 15 is 0 Å². The monoisotopic (exact) mass is 332 g/mol. The average molecular weight is 333 g/mol. The number of carbonyl (C=O) groups is 2. The van der Waals surface area contributed by atoms with Crippen molar-refractivity contribution < 1.29 is 14.7 Å². The Morgan fingerprint density at radius 3 is 2.44 bits per heavy atom. The van der Waals surface area contributed by atoms with Crippen LogP contribution in [0.2, 0.25) is 0 Å². The maximum absolute atomic E-state index is 12.1. The molecule has 0 bridgehead atoms. The van der Waals surface area contributed by atoms with Gasteiger partial charge in [-0.05, 0) is 28.1 Å². The van der Waals surface area contributed by atoms with Crippen LogP contribution in [0.15, 0.2) is 15.9 Å². The Kier molecular flexibility index (Phi) is 4.36. The highest BCUT2D eigenvalue weighted by atomic mass is 79.9. The number of nitrogens with zero attached hydrogens (tertiary/aromatic N) is 2. The molecule has 1 fully saturated rings. The number of hydrogen-bond acceptors (Lipinski definition) is 4. The van der Waals surface area contributed by atoms with Crippen molar-refractivity contribution in [1.29, 1.82) is 0 Å². The van der Waals surface area contributed by atoms with E-state index in [0.717, 1.165) is 3.79 Å². The fourth-order valence-electron chi connectivity index (χ4n) is 1.89. The first-order chi connectivity index (χ1) is 8.56. The first-order valence-corrected chi connectivity index (χ1v) is 7.16. The first kappa shape index (κ1) is 13.5. The third kappa shape index (κ3) is 3.30. The fourth-order valence-corrected chi connectivity index (χ4v) is 3.24. The molecule has 2 rings (SSSR count). The molecule has 0 spiro atoms. The molecule has 0 radical (unpaired) electrons. The second-order valence-electron chi connectivity index (χ2n) is 4.07. The summed E-state index contributed by atoms with van der Waals surface area (Å²) in [7, 11) is 0. The molecule has 0 saturated carbocycles. The molecule has 1 saturated heterocycles. The molecule has 0 aliphatic carbocycles. The lowest BCUT2D eigenvalue weighted by atomic mass is 10.3. The second kappa shape index (κ2) is 5.81. The minimum absolute atomic E-state index is 0.0284. The number of carbonyl (C=O) groups excluding carboxylic acids is 1. The van der Waals surface area contributed by atoms with Gasteiger partial charge in [0.2, 0.25) is 0 Å². The average Bonchev–Trinajstić information content (AvgIpc) is 2.75. The van der Waals surface area contributed by atoms with E-state index in [-0.39, 0.29) is 12.5 Å². The van der Waals surface area contributed by atoms with Gasteiger partial charge in [0.05, 0.1) is 15.2 Å². The van der Waals surface area contributed by atoms with Gasteiger partial charge in [0.15, 0.2) is 0 Å². The Morgan fingerprint density at radius 1 is 1.28 bits per heavy atom. The Hall–Kier alpha value is -0.920. The summed E-state index contributed by atoms with van der Waals surface area (Å²) in [4.78, 5) is 27.0. The summed E-state index contributed by atoms with van der Waals surface area (Å²) in [5, 5.41) is 8.70. The van der Waals surface area contributed by atoms with Gasteiger partial charge in [-0.2, -0.15) is 0 Å². The normalized spacial score (nSPS) is 16.8. The standard InChI is InChI=1S/C11H13BrN2O3S/c12-9-2-1-8(18-9)11(17)14-5-3-13(4-6-14)7-10(15)16/h1-2H,3-7H2,(H,15,16). The number of carboxylic acids is 1. The summed E-state index contributed by atoms with van der Waals surface area (Å²) >= 11 is 4.75. The SMILES string of the molecule is O=C(O)CN1CCN(C(=O)c2ccc(Br)s2)CC1. The van der Waals surface area contributed by atoms with Gasteiger partial charge in [-0.15, -0.1) is 11.3 Å². The Labute approximate surface area is 117 Å². The molecule has 5 nitrogen and oxygen atoms in total. The van der Waals surface area contributed by atoms with E-state index in [1.807, 2.05) is 11.0 Å². The van der Waals surface area contributed by atoms with Crippen LogP contribution in [-0.4, -0.2) is 59.5 Å². The zero-order chi connectivity index (χ0) is 13.1. The predicted octanol–water partition coefficient (Wildman–Crippen LogP) is 1.35. The van der Waals surface area contributed by atoms with Crippen LogP contribution in [0.1, 0.15) is 9.67 Å². The van der Waals surface area contributed by atoms with Gasteiger partial charge < -0.3 is 10.0 Å². The lowest BCUT2D eigenvalue weighted by Gasteiger charge is -2.33. The van der Waals surface area contributed by atoms with Crippen LogP contribution in [0, 0.1) is 0 Å². The molecule has 1 aliphatic rings. The van der Waals surface area contributed by atoms with Crippen molar-refractivity contribution in [1.82, 2.24) is 9.80 Å². The van der Waals surface area contributed by atoms with Gasteiger partial charge in [-0.25, -0.2) is 0 Å². The largest absolute Gasteiger partial charge is 0.480 e. The van der Waals surface area contributed by atoms with Gasteiger partial charge in [-0.1, -0.05) is 0 Å². The third-order valence-corrected chi connectivity index (χ3v) is 4.41. The van der Waals surface area contributed by atoms with Crippen molar-refractivity contribution in [2.24, 2.45) is 0 Å². The number of halogens is 1. The van der Waals surface area contributed by atoms with Crippen molar-refractivity contribution >= 4 is 39.1 Å². The molecule has 1 aliphatic heterocycles. The molecule has 0 atom stereocenters. The summed E-state index contributed by atoms with van der Waals surface area (Å²) in [6, 6.07) is 3.67. The molecule has 1 amide bonds. The van der Waals surface area contributed by atoms with Crippen LogP contribution in [0.4, 0.5) is 0 Å². The molecule has 1 aromatic heterocycles. The lowest BCUT2D eigenvalue weighted by Crippen LogP contribution is -2.49. The highest BCUT2D eigenvalue weighted by Crippen LogP contribution is 2.23. The van der Waals surface area contributed by atoms with Gasteiger partial charge in [-0.3, -0.25) is 14.5 Å². The molecule has 2 heterocycles. The van der Waals surface area contributed by atoms with Crippen molar-refractivity contribution in [2.75, 3.05) is 32.7 Å². The molecule has 18 heavy (non-hydrogen) atoms. The number of carboxylic acid groups (broad SMARTS) is 1. The smallest absolute Gasteiger partial charge is 0.317 e. The van der Waals surface area contributed by atoms with Gasteiger partial charge >= 0.3 is 5.97 Å². The summed E-state index contributed by atoms with van der Waals surface area (Å²) in [5.41, 5.74) is 0. The van der Waals surface area contributed by atoms with Crippen LogP contribution < -0.4 is 0 Å². The second-order valence-corrected chi connectivity index (χ2v) is 6.53. The molecule has 0 aromatic carbocycles. The molecule has 0 unspecified atom stereocenters. The molecule has 7 heteroatoms. The minimum Gasteiger partial charge on any atom is -0.480 e. The number of thiophene rings is 1. The Bertz CT molecular complexity index is 455. The van der Waals surface area contributed by atoms with E-state index in [0.29, 0.717) is 31.1 Å². The topological polar surface area (TPSA) is 60.9 Å². The zero-order valence-corrected chi connectivity index (χ0v) is 12.0. The van der Waals surface area contributed by atoms with Gasteiger partial charge in [0.1, 0.15) is 0 Å². The quantitative estimate of drug-likeness (QED) is 0.907. The highest BCUT2D eigenvalue weighted by molar-refractivity contribution is 9.11. The van der Waals surface area contributed by atoms with E-state index in [2.05, 4.69) is 15.9 Å². The Morgan fingerprint density at radius 2 is 1.94 bits per heavy atom. The molecular formula is C11H13BrN2O3S. The molecular weight excluding hydrogens is 320 g/mol. The third-order valence-electron chi connectivity index (χ3n) is 2.80. The van der Waals surface area contributed by atoms with Crippen LogP contribution in [0.3, 0.4) is 0 Å². The fraction of sp³-hybridized carbons (Fsp3) is 0.455. The molecule has 1 N–H and O–H groups in total. The summed E-state index contributed by atoms with van der Waals surface area (Å²) in [6.45, 7) is 2.45. The summed E-state index contributed by atoms with van der Waals surface area (Å²) < 4.78 is 0.940. The lowest BCUT2D eigenvalue weighted by molar-refractivity contribution is -0.138. The van der Waals surface area contributed by atoms with Crippen molar-refractivity contribution in [3.8, 4) is 0 Å². The van der Waals surface area contributed by atoms with E-state index in [1.54, 1.807) is 11.0 Å². The predicted molar refractivity (Wildman–Crippen MR) is 72.0 cm³/mol. The van der Waals surface area contributed by atoms with Crippen LogP contribution in [0.5, 0.6) is 0 Å². The minimum atomic E-state index is -0.822. The maximum Gasteiger partial charge on any atom is 0.317 e. The number of piperazine rings is 1. The maximum atomic E-state index is 12.1. The zero-order valence-electron chi connectivity index (χ0n) is 9.63. The van der Waals surface area contributed by atoms with Gasteiger partial charge in [0, 0.05) is 26.2 Å². The molecule has 1 aromatic rings. The summed E-state index contributed by atoms with van der Waals surface area (Å²) in [5.74, 6) is -0.794. The van der Waals surface area contributed by atoms with Gasteiger partial charge in [0.25, 0.3) is 5.91 Å².